The number of nitrogens with one attached hydrogen (secondary N) is 2. The second-order valence-electron chi connectivity index (χ2n) is 10.0. The number of halogens is 1. The Bertz CT molecular complexity index is 1840. The lowest BCUT2D eigenvalue weighted by Crippen LogP contribution is -2.32. The summed E-state index contributed by atoms with van der Waals surface area (Å²) in [7, 11) is -3.89. The van der Waals surface area contributed by atoms with E-state index in [0.717, 1.165) is 21.9 Å². The molecule has 0 unspecified atom stereocenters. The lowest BCUT2D eigenvalue weighted by Gasteiger charge is -2.18. The van der Waals surface area contributed by atoms with E-state index in [1.54, 1.807) is 54.7 Å². The third-order valence-electron chi connectivity index (χ3n) is 6.84. The molecule has 7 nitrogen and oxygen atoms in total. The van der Waals surface area contributed by atoms with E-state index in [-0.39, 0.29) is 11.3 Å². The van der Waals surface area contributed by atoms with E-state index in [0.29, 0.717) is 28.5 Å². The molecule has 0 saturated carbocycles. The molecule has 1 amide bonds. The van der Waals surface area contributed by atoms with Gasteiger partial charge in [-0.05, 0) is 59.2 Å². The number of carbonyl (C=O) groups is 1. The highest BCUT2D eigenvalue weighted by Crippen LogP contribution is 2.28. The van der Waals surface area contributed by atoms with E-state index in [1.165, 1.54) is 0 Å². The van der Waals surface area contributed by atoms with Crippen LogP contribution in [0.5, 0.6) is 5.75 Å². The first-order valence-electron chi connectivity index (χ1n) is 13.6. The van der Waals surface area contributed by atoms with E-state index in [9.17, 15) is 13.2 Å². The monoisotopic (exact) mass is 611 g/mol. The molecule has 0 fully saturated rings. The zero-order valence-corrected chi connectivity index (χ0v) is 25.0. The average Bonchev–Trinajstić information content (AvgIpc) is 3.01. The van der Waals surface area contributed by atoms with Crippen molar-refractivity contribution in [3.8, 4) is 5.75 Å². The van der Waals surface area contributed by atoms with Crippen LogP contribution >= 0.6 is 11.6 Å². The number of rotatable bonds is 11. The minimum absolute atomic E-state index is 0.125. The van der Waals surface area contributed by atoms with Gasteiger partial charge < -0.3 is 4.74 Å². The highest BCUT2D eigenvalue weighted by atomic mass is 35.5. The summed E-state index contributed by atoms with van der Waals surface area (Å²) < 4.78 is 35.1. The van der Waals surface area contributed by atoms with E-state index >= 15 is 0 Å². The Balaban J connectivity index is 1.33. The first kappa shape index (κ1) is 30.0. The van der Waals surface area contributed by atoms with Gasteiger partial charge in [0, 0.05) is 17.0 Å². The Labute approximate surface area is 256 Å². The van der Waals surface area contributed by atoms with Crippen molar-refractivity contribution in [3.05, 3.63) is 143 Å². The second kappa shape index (κ2) is 13.6. The standard InChI is InChI=1S/C34H30ClN3O4S/c1-24-11-18-29(19-12-24)43(40,41)38-32(27-8-3-2-4-9-27)21-34(39)37-36-22-31-30-10-6-5-7-26(30)15-20-33(31)42-23-25-13-16-28(35)17-14-25/h2-20,22,32,38H,21,23H2,1H3,(H,37,39)/b36-22-/t32-/m1/s1. The molecule has 1 atom stereocenters. The SMILES string of the molecule is Cc1ccc(S(=O)(=O)N[C@H](CC(=O)N/N=C\c2c(OCc3ccc(Cl)cc3)ccc3ccccc23)c2ccccc2)cc1. The van der Waals surface area contributed by atoms with E-state index in [2.05, 4.69) is 15.2 Å². The van der Waals surface area contributed by atoms with Crippen LogP contribution in [0, 0.1) is 6.92 Å². The van der Waals surface area contributed by atoms with Gasteiger partial charge in [-0.2, -0.15) is 5.10 Å². The number of hydrogen-bond donors (Lipinski definition) is 2. The summed E-state index contributed by atoms with van der Waals surface area (Å²) in [6.07, 6.45) is 1.38. The average molecular weight is 612 g/mol. The van der Waals surface area contributed by atoms with Crippen molar-refractivity contribution >= 4 is 44.5 Å². The fraction of sp³-hybridized carbons (Fsp3) is 0.118. The zero-order valence-electron chi connectivity index (χ0n) is 23.4. The lowest BCUT2D eigenvalue weighted by atomic mass is 10.0. The maximum absolute atomic E-state index is 13.2. The molecule has 218 valence electrons. The predicted molar refractivity (Wildman–Crippen MR) is 171 cm³/mol. The molecule has 0 aliphatic rings. The number of hydrogen-bond acceptors (Lipinski definition) is 5. The van der Waals surface area contributed by atoms with Crippen molar-refractivity contribution in [2.24, 2.45) is 5.10 Å². The molecule has 0 spiro atoms. The second-order valence-corrected chi connectivity index (χ2v) is 12.2. The Hall–Kier alpha value is -4.50. The normalized spacial score (nSPS) is 12.3. The summed E-state index contributed by atoms with van der Waals surface area (Å²) in [5, 5.41) is 6.77. The van der Waals surface area contributed by atoms with Crippen LogP contribution in [0.2, 0.25) is 5.02 Å². The third kappa shape index (κ3) is 7.87. The van der Waals surface area contributed by atoms with Crippen LogP contribution in [0.4, 0.5) is 0 Å². The van der Waals surface area contributed by atoms with Gasteiger partial charge in [0.1, 0.15) is 12.4 Å². The molecule has 5 aromatic carbocycles. The molecule has 0 radical (unpaired) electrons. The minimum Gasteiger partial charge on any atom is -0.488 e. The van der Waals surface area contributed by atoms with Crippen LogP contribution in [0.25, 0.3) is 10.8 Å². The summed E-state index contributed by atoms with van der Waals surface area (Å²) in [6, 6.07) is 33.8. The fourth-order valence-electron chi connectivity index (χ4n) is 4.56. The zero-order chi connectivity index (χ0) is 30.2. The van der Waals surface area contributed by atoms with Gasteiger partial charge in [-0.15, -0.1) is 0 Å². The summed E-state index contributed by atoms with van der Waals surface area (Å²) in [5.41, 5.74) is 5.82. The molecule has 2 N–H and O–H groups in total. The molecular formula is C34H30ClN3O4S. The van der Waals surface area contributed by atoms with Crippen molar-refractivity contribution in [1.29, 1.82) is 0 Å². The minimum atomic E-state index is -3.89. The van der Waals surface area contributed by atoms with E-state index in [1.807, 2.05) is 73.7 Å². The number of ether oxygens (including phenoxy) is 1. The number of sulfonamides is 1. The largest absolute Gasteiger partial charge is 0.488 e. The van der Waals surface area contributed by atoms with Crippen LogP contribution in [0.15, 0.2) is 125 Å². The van der Waals surface area contributed by atoms with Gasteiger partial charge in [-0.3, -0.25) is 4.79 Å². The first-order valence-corrected chi connectivity index (χ1v) is 15.5. The molecule has 5 rings (SSSR count). The Morgan fingerprint density at radius 1 is 0.884 bits per heavy atom. The number of carbonyl (C=O) groups excluding carboxylic acids is 1. The van der Waals surface area contributed by atoms with Crippen LogP contribution in [0.1, 0.15) is 34.7 Å². The number of amides is 1. The smallest absolute Gasteiger partial charge is 0.242 e. The topological polar surface area (TPSA) is 96.9 Å². The van der Waals surface area contributed by atoms with Gasteiger partial charge in [-0.1, -0.05) is 102 Å². The third-order valence-corrected chi connectivity index (χ3v) is 8.58. The highest BCUT2D eigenvalue weighted by Gasteiger charge is 2.23. The molecule has 0 aliphatic heterocycles. The molecule has 9 heteroatoms. The predicted octanol–water partition coefficient (Wildman–Crippen LogP) is 6.94. The van der Waals surface area contributed by atoms with Gasteiger partial charge in [0.25, 0.3) is 0 Å². The number of fused-ring (bicyclic) bond motifs is 1. The molecular weight excluding hydrogens is 582 g/mol. The highest BCUT2D eigenvalue weighted by molar-refractivity contribution is 7.89. The Kier molecular flexibility index (Phi) is 9.51. The molecule has 5 aromatic rings. The van der Waals surface area contributed by atoms with Crippen LogP contribution in [-0.4, -0.2) is 20.5 Å². The summed E-state index contributed by atoms with van der Waals surface area (Å²) in [4.78, 5) is 13.2. The Morgan fingerprint density at radius 2 is 1.58 bits per heavy atom. The number of nitrogens with zero attached hydrogens (tertiary/aromatic N) is 1. The van der Waals surface area contributed by atoms with E-state index < -0.39 is 22.0 Å². The van der Waals surface area contributed by atoms with Crippen molar-refractivity contribution in [1.82, 2.24) is 10.1 Å². The van der Waals surface area contributed by atoms with Crippen molar-refractivity contribution in [2.75, 3.05) is 0 Å². The van der Waals surface area contributed by atoms with Gasteiger partial charge in [-0.25, -0.2) is 18.6 Å². The van der Waals surface area contributed by atoms with Crippen molar-refractivity contribution in [3.63, 3.8) is 0 Å². The van der Waals surface area contributed by atoms with E-state index in [4.69, 9.17) is 16.3 Å². The molecule has 43 heavy (non-hydrogen) atoms. The van der Waals surface area contributed by atoms with Crippen molar-refractivity contribution < 1.29 is 17.9 Å². The molecule has 0 aliphatic carbocycles. The molecule has 0 aromatic heterocycles. The summed E-state index contributed by atoms with van der Waals surface area (Å²) >= 11 is 6.01. The summed E-state index contributed by atoms with van der Waals surface area (Å²) in [6.45, 7) is 2.21. The fourth-order valence-corrected chi connectivity index (χ4v) is 5.91. The van der Waals surface area contributed by atoms with Gasteiger partial charge >= 0.3 is 0 Å². The molecule has 0 saturated heterocycles. The Morgan fingerprint density at radius 3 is 2.33 bits per heavy atom. The van der Waals surface area contributed by atoms with Gasteiger partial charge in [0.05, 0.1) is 17.2 Å². The lowest BCUT2D eigenvalue weighted by molar-refractivity contribution is -0.121. The number of hydrazone groups is 1. The van der Waals surface area contributed by atoms with Crippen LogP contribution in [-0.2, 0) is 21.4 Å². The molecule has 0 heterocycles. The van der Waals surface area contributed by atoms with Crippen molar-refractivity contribution in [2.45, 2.75) is 30.9 Å². The van der Waals surface area contributed by atoms with Crippen LogP contribution in [0.3, 0.4) is 0 Å². The summed E-state index contributed by atoms with van der Waals surface area (Å²) in [5.74, 6) is 0.139. The quantitative estimate of drug-likeness (QED) is 0.125. The first-order chi connectivity index (χ1) is 20.8. The maximum Gasteiger partial charge on any atom is 0.242 e. The van der Waals surface area contributed by atoms with Gasteiger partial charge in [0.15, 0.2) is 0 Å². The number of aryl methyl sites for hydroxylation is 1. The van der Waals surface area contributed by atoms with Crippen LogP contribution < -0.4 is 14.9 Å². The number of benzene rings is 5. The maximum atomic E-state index is 13.2. The molecule has 0 bridgehead atoms. The van der Waals surface area contributed by atoms with Gasteiger partial charge in [0.2, 0.25) is 15.9 Å².